The third kappa shape index (κ3) is 4.84. The van der Waals surface area contributed by atoms with E-state index in [1.54, 1.807) is 0 Å². The Morgan fingerprint density at radius 2 is 0.893 bits per heavy atom. The second kappa shape index (κ2) is 12.6. The van der Waals surface area contributed by atoms with Crippen LogP contribution in [0.2, 0.25) is 0 Å². The van der Waals surface area contributed by atoms with E-state index in [2.05, 4.69) is 167 Å². The smallest absolute Gasteiger partial charge is 0.164 e. The Balaban J connectivity index is 1.01. The monoisotopic (exact) mass is 717 g/mol. The van der Waals surface area contributed by atoms with Crippen LogP contribution in [0.1, 0.15) is 19.7 Å². The molecule has 0 N–H and O–H groups in total. The second-order valence-electron chi connectivity index (χ2n) is 14.3. The van der Waals surface area contributed by atoms with Crippen molar-refractivity contribution in [2.75, 3.05) is 0 Å². The first-order chi connectivity index (χ1) is 27.7. The molecule has 0 saturated carbocycles. The van der Waals surface area contributed by atoms with Gasteiger partial charge in [-0.1, -0.05) is 115 Å². The lowest BCUT2D eigenvalue weighted by Crippen LogP contribution is -2.02. The number of allylic oxidation sites excluding steroid dienone is 4. The molecule has 0 aliphatic heterocycles. The summed E-state index contributed by atoms with van der Waals surface area (Å²) in [4.78, 5) is 15.1. The molecule has 0 aliphatic carbocycles. The average Bonchev–Trinajstić information content (AvgIpc) is 3.90. The van der Waals surface area contributed by atoms with Gasteiger partial charge in [0, 0.05) is 54.7 Å². The minimum Gasteiger partial charge on any atom is -0.309 e. The Hall–Kier alpha value is -7.37. The van der Waals surface area contributed by atoms with Gasteiger partial charge in [0.2, 0.25) is 0 Å². The molecule has 5 heteroatoms. The molecule has 0 aliphatic rings. The summed E-state index contributed by atoms with van der Waals surface area (Å²) in [6.07, 6.45) is 6.12. The van der Waals surface area contributed by atoms with Crippen LogP contribution in [-0.4, -0.2) is 23.9 Å². The van der Waals surface area contributed by atoms with Gasteiger partial charge in [-0.3, -0.25) is 0 Å². The minimum atomic E-state index is 0.634. The zero-order valence-electron chi connectivity index (χ0n) is 31.0. The second-order valence-corrected chi connectivity index (χ2v) is 14.3. The SMILES string of the molecule is C/C=C\C(=C/C)c1nc(-c2ccc(-c3cc4c5ccccc5n5c6ccccc6c(c3)c45)cc2)nc(-c2ccc(-n3c4ccccc4c4ccccc43)cc2)n1. The molecule has 0 atom stereocenters. The van der Waals surface area contributed by atoms with Crippen molar-refractivity contribution in [2.24, 2.45) is 0 Å². The summed E-state index contributed by atoms with van der Waals surface area (Å²) < 4.78 is 4.75. The molecule has 0 fully saturated rings. The number of rotatable bonds is 6. The molecule has 0 amide bonds. The number of hydrogen-bond acceptors (Lipinski definition) is 3. The maximum absolute atomic E-state index is 5.09. The van der Waals surface area contributed by atoms with Gasteiger partial charge in [0.25, 0.3) is 0 Å². The maximum atomic E-state index is 5.09. The van der Waals surface area contributed by atoms with Gasteiger partial charge in [0.1, 0.15) is 0 Å². The zero-order valence-corrected chi connectivity index (χ0v) is 31.0. The van der Waals surface area contributed by atoms with Gasteiger partial charge in [0.15, 0.2) is 17.5 Å². The standard InChI is InChI=1S/C51H35N5/c1-3-13-32(4-2)49-52-50(54-51(53-49)35-26-28-37(29-27-35)55-44-18-9-5-14-38(44)39-15-6-10-19-45(39)55)34-24-22-33(23-25-34)36-30-42-40-16-7-11-20-46(40)56-47-21-12-8-17-41(47)43(31-36)48(42)56/h3-31H,1-2H3/b13-3-,32-4+. The Labute approximate surface area is 323 Å². The molecule has 0 unspecified atom stereocenters. The van der Waals surface area contributed by atoms with Crippen molar-refractivity contribution in [3.63, 3.8) is 0 Å². The van der Waals surface area contributed by atoms with Crippen molar-refractivity contribution in [3.05, 3.63) is 182 Å². The van der Waals surface area contributed by atoms with Gasteiger partial charge in [-0.05, 0) is 85.6 Å². The largest absolute Gasteiger partial charge is 0.309 e. The molecule has 0 radical (unpaired) electrons. The highest BCUT2D eigenvalue weighted by atomic mass is 15.0. The molecule has 11 aromatic rings. The van der Waals surface area contributed by atoms with E-state index < -0.39 is 0 Å². The van der Waals surface area contributed by atoms with Gasteiger partial charge in [-0.15, -0.1) is 0 Å². The van der Waals surface area contributed by atoms with Gasteiger partial charge in [-0.25, -0.2) is 15.0 Å². The first kappa shape index (κ1) is 32.1. The molecule has 0 saturated heterocycles. The van der Waals surface area contributed by atoms with Gasteiger partial charge in [0.05, 0.1) is 27.6 Å². The Kier molecular flexibility index (Phi) is 7.23. The van der Waals surface area contributed by atoms with E-state index in [1.165, 1.54) is 65.5 Å². The number of nitrogens with zero attached hydrogens (tertiary/aromatic N) is 5. The molecule has 5 nitrogen and oxygen atoms in total. The Bertz CT molecular complexity index is 3220. The van der Waals surface area contributed by atoms with Crippen LogP contribution < -0.4 is 0 Å². The summed E-state index contributed by atoms with van der Waals surface area (Å²) in [6.45, 7) is 4.03. The maximum Gasteiger partial charge on any atom is 0.164 e. The minimum absolute atomic E-state index is 0.634. The summed E-state index contributed by atoms with van der Waals surface area (Å²) in [7, 11) is 0. The third-order valence-corrected chi connectivity index (χ3v) is 11.2. The fraction of sp³-hybridized carbons (Fsp3) is 0.0392. The number of para-hydroxylation sites is 4. The topological polar surface area (TPSA) is 48.0 Å². The molecular weight excluding hydrogens is 683 g/mol. The van der Waals surface area contributed by atoms with Crippen LogP contribution in [0.25, 0.3) is 105 Å². The number of fused-ring (bicyclic) bond motifs is 9. The molecular formula is C51H35N5. The van der Waals surface area contributed by atoms with Crippen LogP contribution in [0.5, 0.6) is 0 Å². The number of aromatic nitrogens is 5. The van der Waals surface area contributed by atoms with Crippen molar-refractivity contribution in [1.29, 1.82) is 0 Å². The molecule has 0 bridgehead atoms. The highest BCUT2D eigenvalue weighted by molar-refractivity contribution is 6.24. The molecule has 11 rings (SSSR count). The van der Waals surface area contributed by atoms with Crippen molar-refractivity contribution in [2.45, 2.75) is 13.8 Å². The van der Waals surface area contributed by atoms with Crippen LogP contribution in [0.15, 0.2) is 176 Å². The average molecular weight is 718 g/mol. The molecule has 56 heavy (non-hydrogen) atoms. The Morgan fingerprint density at radius 1 is 0.446 bits per heavy atom. The Morgan fingerprint density at radius 3 is 1.39 bits per heavy atom. The van der Waals surface area contributed by atoms with Gasteiger partial charge in [-0.2, -0.15) is 0 Å². The van der Waals surface area contributed by atoms with Crippen molar-refractivity contribution < 1.29 is 0 Å². The summed E-state index contributed by atoms with van der Waals surface area (Å²) >= 11 is 0. The summed E-state index contributed by atoms with van der Waals surface area (Å²) in [5, 5.41) is 7.56. The van der Waals surface area contributed by atoms with E-state index in [9.17, 15) is 0 Å². The first-order valence-electron chi connectivity index (χ1n) is 19.1. The lowest BCUT2D eigenvalue weighted by molar-refractivity contribution is 1.04. The zero-order chi connectivity index (χ0) is 37.3. The lowest BCUT2D eigenvalue weighted by Gasteiger charge is -2.11. The molecule has 7 aromatic carbocycles. The van der Waals surface area contributed by atoms with E-state index in [-0.39, 0.29) is 0 Å². The van der Waals surface area contributed by atoms with Crippen LogP contribution >= 0.6 is 0 Å². The van der Waals surface area contributed by atoms with Crippen LogP contribution in [0.4, 0.5) is 0 Å². The van der Waals surface area contributed by atoms with Crippen LogP contribution in [-0.2, 0) is 0 Å². The normalized spacial score (nSPS) is 12.5. The third-order valence-electron chi connectivity index (χ3n) is 11.2. The van der Waals surface area contributed by atoms with Crippen LogP contribution in [0, 0.1) is 0 Å². The van der Waals surface area contributed by atoms with E-state index in [4.69, 9.17) is 15.0 Å². The lowest BCUT2D eigenvalue weighted by atomic mass is 9.98. The molecule has 0 spiro atoms. The predicted octanol–water partition coefficient (Wildman–Crippen LogP) is 13.1. The number of hydrogen-bond donors (Lipinski definition) is 0. The summed E-state index contributed by atoms with van der Waals surface area (Å²) in [6, 6.07) is 56.5. The van der Waals surface area contributed by atoms with E-state index in [0.717, 1.165) is 28.0 Å². The van der Waals surface area contributed by atoms with E-state index in [0.29, 0.717) is 17.5 Å². The quantitative estimate of drug-likeness (QED) is 0.161. The van der Waals surface area contributed by atoms with Crippen molar-refractivity contribution >= 4 is 65.5 Å². The molecule has 4 heterocycles. The summed E-state index contributed by atoms with van der Waals surface area (Å²) in [5.74, 6) is 1.91. The fourth-order valence-electron chi connectivity index (χ4n) is 8.63. The number of benzene rings is 7. The summed E-state index contributed by atoms with van der Waals surface area (Å²) in [5.41, 5.74) is 12.3. The first-order valence-corrected chi connectivity index (χ1v) is 19.1. The van der Waals surface area contributed by atoms with Gasteiger partial charge >= 0.3 is 0 Å². The van der Waals surface area contributed by atoms with Gasteiger partial charge < -0.3 is 8.97 Å². The highest BCUT2D eigenvalue weighted by Crippen LogP contribution is 2.42. The van der Waals surface area contributed by atoms with E-state index in [1.807, 2.05) is 32.1 Å². The molecule has 4 aromatic heterocycles. The van der Waals surface area contributed by atoms with Crippen molar-refractivity contribution in [3.8, 4) is 39.6 Å². The highest BCUT2D eigenvalue weighted by Gasteiger charge is 2.19. The molecule has 264 valence electrons. The van der Waals surface area contributed by atoms with Crippen molar-refractivity contribution in [1.82, 2.24) is 23.9 Å². The predicted molar refractivity (Wildman–Crippen MR) is 234 cm³/mol. The van der Waals surface area contributed by atoms with Crippen LogP contribution in [0.3, 0.4) is 0 Å². The van der Waals surface area contributed by atoms with E-state index >= 15 is 0 Å². The fourth-order valence-corrected chi connectivity index (χ4v) is 8.63.